The van der Waals surface area contributed by atoms with Crippen molar-refractivity contribution in [2.24, 2.45) is 11.1 Å². The molecule has 8 nitrogen and oxygen atoms in total. The summed E-state index contributed by atoms with van der Waals surface area (Å²) in [5.41, 5.74) is 8.45. The number of fused-ring (bicyclic) bond motifs is 2. The summed E-state index contributed by atoms with van der Waals surface area (Å²) in [6.07, 6.45) is -2.49. The second kappa shape index (κ2) is 10.1. The average Bonchev–Trinajstić information content (AvgIpc) is 3.64. The number of anilines is 1. The molecule has 0 aliphatic carbocycles. The van der Waals surface area contributed by atoms with Crippen LogP contribution in [0.15, 0.2) is 29.1 Å². The van der Waals surface area contributed by atoms with E-state index < -0.39 is 18.1 Å². The zero-order chi connectivity index (χ0) is 29.2. The molecule has 4 aromatic rings. The number of H-pyrrole nitrogens is 1. The quantitative estimate of drug-likeness (QED) is 0.321. The third-order valence-corrected chi connectivity index (χ3v) is 9.26. The van der Waals surface area contributed by atoms with E-state index in [1.165, 1.54) is 0 Å². The molecule has 1 atom stereocenters. The van der Waals surface area contributed by atoms with Gasteiger partial charge in [0.25, 0.3) is 0 Å². The van der Waals surface area contributed by atoms with Gasteiger partial charge in [-0.05, 0) is 57.0 Å². The number of likely N-dealkylation sites (tertiary alicyclic amines) is 1. The van der Waals surface area contributed by atoms with Crippen molar-refractivity contribution in [1.82, 2.24) is 24.4 Å². The topological polar surface area (TPSA) is 96.1 Å². The number of nitrogens with two attached hydrogens (primary N) is 1. The van der Waals surface area contributed by atoms with Gasteiger partial charge < -0.3 is 15.6 Å². The van der Waals surface area contributed by atoms with Crippen molar-refractivity contribution in [1.29, 1.82) is 0 Å². The molecule has 0 amide bonds. The number of imidazole rings is 1. The number of alkyl halides is 3. The average molecular weight is 588 g/mol. The lowest BCUT2D eigenvalue weighted by Crippen LogP contribution is -2.39. The number of nitrogens with zero attached hydrogens (tertiary/aromatic N) is 5. The highest BCUT2D eigenvalue weighted by molar-refractivity contribution is 7.18. The van der Waals surface area contributed by atoms with Crippen LogP contribution in [-0.2, 0) is 25.9 Å². The highest BCUT2D eigenvalue weighted by Crippen LogP contribution is 2.43. The number of halogens is 3. The lowest BCUT2D eigenvalue weighted by Gasteiger charge is -2.25. The van der Waals surface area contributed by atoms with Crippen LogP contribution in [0.4, 0.5) is 19.0 Å². The summed E-state index contributed by atoms with van der Waals surface area (Å²) in [6.45, 7) is 10.6. The van der Waals surface area contributed by atoms with Crippen LogP contribution in [0.1, 0.15) is 49.9 Å². The van der Waals surface area contributed by atoms with Gasteiger partial charge in [-0.25, -0.2) is 14.8 Å². The fourth-order valence-corrected chi connectivity index (χ4v) is 7.50. The summed E-state index contributed by atoms with van der Waals surface area (Å²) >= 11 is 1.12. The predicted octanol–water partition coefficient (Wildman–Crippen LogP) is 4.84. The van der Waals surface area contributed by atoms with E-state index in [2.05, 4.69) is 31.9 Å². The Kier molecular flexibility index (Phi) is 6.94. The SMILES string of the molecule is CCc1nc(N2CCC3(CCN(Cc4ccc5c(c4)[nH]c(=O)n5CC(C)(C)N)C3)C2)c2cc(CC(F)(F)F)sc2n1. The van der Waals surface area contributed by atoms with Crippen molar-refractivity contribution in [2.75, 3.05) is 31.1 Å². The van der Waals surface area contributed by atoms with Gasteiger partial charge in [0.2, 0.25) is 0 Å². The minimum atomic E-state index is -4.25. The first-order valence-corrected chi connectivity index (χ1v) is 15.0. The molecule has 3 N–H and O–H groups in total. The molecule has 1 aromatic carbocycles. The number of benzene rings is 1. The zero-order valence-electron chi connectivity index (χ0n) is 23.6. The Morgan fingerprint density at radius 1 is 1.12 bits per heavy atom. The number of aromatic nitrogens is 4. The summed E-state index contributed by atoms with van der Waals surface area (Å²) in [7, 11) is 0. The highest BCUT2D eigenvalue weighted by Gasteiger charge is 2.44. The van der Waals surface area contributed by atoms with Gasteiger partial charge in [-0.1, -0.05) is 13.0 Å². The molecule has 41 heavy (non-hydrogen) atoms. The van der Waals surface area contributed by atoms with Gasteiger partial charge in [-0.3, -0.25) is 9.47 Å². The highest BCUT2D eigenvalue weighted by atomic mass is 32.1. The normalized spacial score (nSPS) is 20.4. The first-order chi connectivity index (χ1) is 19.3. The molecule has 2 aliphatic rings. The van der Waals surface area contributed by atoms with Gasteiger partial charge in [-0.2, -0.15) is 13.2 Å². The number of rotatable bonds is 7. The molecule has 0 saturated carbocycles. The predicted molar refractivity (Wildman–Crippen MR) is 157 cm³/mol. The molecule has 0 radical (unpaired) electrons. The number of hydrogen-bond donors (Lipinski definition) is 2. The van der Waals surface area contributed by atoms with Crippen LogP contribution in [0.25, 0.3) is 21.3 Å². The molecule has 0 bridgehead atoms. The fourth-order valence-electron chi connectivity index (χ4n) is 6.43. The largest absolute Gasteiger partial charge is 0.393 e. The van der Waals surface area contributed by atoms with Crippen molar-refractivity contribution in [3.8, 4) is 0 Å². The van der Waals surface area contributed by atoms with Gasteiger partial charge in [-0.15, -0.1) is 11.3 Å². The van der Waals surface area contributed by atoms with Crippen molar-refractivity contribution in [2.45, 2.75) is 71.3 Å². The van der Waals surface area contributed by atoms with E-state index in [1.807, 2.05) is 26.8 Å². The molecule has 220 valence electrons. The molecule has 6 rings (SSSR count). The minimum absolute atomic E-state index is 0.114. The molecular formula is C29H36F3N7OS. The Morgan fingerprint density at radius 2 is 1.90 bits per heavy atom. The molecule has 12 heteroatoms. The van der Waals surface area contributed by atoms with Crippen LogP contribution in [0.5, 0.6) is 0 Å². The molecule has 1 spiro atoms. The van der Waals surface area contributed by atoms with E-state index in [1.54, 1.807) is 10.6 Å². The number of aromatic amines is 1. The molecular weight excluding hydrogens is 551 g/mol. The zero-order valence-corrected chi connectivity index (χ0v) is 24.5. The Bertz CT molecular complexity index is 1650. The van der Waals surface area contributed by atoms with E-state index in [9.17, 15) is 18.0 Å². The summed E-state index contributed by atoms with van der Waals surface area (Å²) in [5, 5.41) is 0.727. The van der Waals surface area contributed by atoms with Gasteiger partial charge in [0, 0.05) is 55.0 Å². The van der Waals surface area contributed by atoms with E-state index in [-0.39, 0.29) is 16.0 Å². The van der Waals surface area contributed by atoms with Crippen molar-refractivity contribution >= 4 is 38.4 Å². The van der Waals surface area contributed by atoms with Gasteiger partial charge in [0.1, 0.15) is 16.5 Å². The van der Waals surface area contributed by atoms with Crippen LogP contribution < -0.4 is 16.3 Å². The summed E-state index contributed by atoms with van der Waals surface area (Å²) in [6, 6.07) is 7.77. The maximum absolute atomic E-state index is 13.1. The molecule has 2 fully saturated rings. The number of thiophene rings is 1. The third kappa shape index (κ3) is 5.87. The second-order valence-electron chi connectivity index (χ2n) is 12.5. The Morgan fingerprint density at radius 3 is 2.63 bits per heavy atom. The smallest absolute Gasteiger partial charge is 0.355 e. The Hall–Kier alpha value is -2.96. The summed E-state index contributed by atoms with van der Waals surface area (Å²) in [5.74, 6) is 1.44. The van der Waals surface area contributed by atoms with E-state index >= 15 is 0 Å². The maximum Gasteiger partial charge on any atom is 0.393 e. The van der Waals surface area contributed by atoms with Crippen LogP contribution >= 0.6 is 11.3 Å². The molecule has 2 saturated heterocycles. The van der Waals surface area contributed by atoms with Crippen LogP contribution in [-0.4, -0.2) is 62.3 Å². The lowest BCUT2D eigenvalue weighted by atomic mass is 9.86. The standard InChI is InChI=1S/C29H36F3N7OS/c1-4-23-35-24(20-12-19(13-29(30,31)32)41-25(20)36-23)38-10-8-28(17-38)7-9-37(16-28)14-18-5-6-22-21(11-18)34-26(40)39(22)15-27(2,3)33/h5-6,11-12H,4,7-10,13-17,33H2,1-3H3,(H,34,40). The number of hydrogen-bond acceptors (Lipinski definition) is 7. The van der Waals surface area contributed by atoms with Gasteiger partial charge >= 0.3 is 11.9 Å². The molecule has 3 aromatic heterocycles. The van der Waals surface area contributed by atoms with E-state index in [0.717, 1.165) is 84.7 Å². The first-order valence-electron chi connectivity index (χ1n) is 14.1. The van der Waals surface area contributed by atoms with Gasteiger partial charge in [0.05, 0.1) is 22.8 Å². The Labute approximate surface area is 240 Å². The van der Waals surface area contributed by atoms with Crippen LogP contribution in [0.2, 0.25) is 0 Å². The molecule has 5 heterocycles. The Balaban J connectivity index is 1.18. The second-order valence-corrected chi connectivity index (χ2v) is 13.6. The maximum atomic E-state index is 13.1. The van der Waals surface area contributed by atoms with Crippen LogP contribution in [0.3, 0.4) is 0 Å². The summed E-state index contributed by atoms with van der Waals surface area (Å²) < 4.78 is 41.0. The summed E-state index contributed by atoms with van der Waals surface area (Å²) in [4.78, 5) is 30.5. The van der Waals surface area contributed by atoms with Gasteiger partial charge in [0.15, 0.2) is 0 Å². The van der Waals surface area contributed by atoms with E-state index in [4.69, 9.17) is 10.7 Å². The number of nitrogens with one attached hydrogen (secondary N) is 1. The molecule has 1 unspecified atom stereocenters. The lowest BCUT2D eigenvalue weighted by molar-refractivity contribution is -0.126. The third-order valence-electron chi connectivity index (χ3n) is 8.23. The molecule has 2 aliphatic heterocycles. The van der Waals surface area contributed by atoms with Crippen molar-refractivity contribution in [3.63, 3.8) is 0 Å². The van der Waals surface area contributed by atoms with Crippen LogP contribution in [0, 0.1) is 5.41 Å². The van der Waals surface area contributed by atoms with Crippen molar-refractivity contribution in [3.05, 3.63) is 51.0 Å². The monoisotopic (exact) mass is 587 g/mol. The van der Waals surface area contributed by atoms with E-state index in [0.29, 0.717) is 23.6 Å². The first kappa shape index (κ1) is 28.2. The fraction of sp³-hybridized carbons (Fsp3) is 0.552. The van der Waals surface area contributed by atoms with Crippen molar-refractivity contribution < 1.29 is 13.2 Å². The number of aryl methyl sites for hydroxylation is 1. The minimum Gasteiger partial charge on any atom is -0.355 e.